The fourth-order valence-electron chi connectivity index (χ4n) is 3.14. The van der Waals surface area contributed by atoms with Crippen molar-refractivity contribution in [2.45, 2.75) is 26.2 Å². The molecule has 0 aromatic heterocycles. The molecule has 2 aromatic carbocycles. The summed E-state index contributed by atoms with van der Waals surface area (Å²) >= 11 is 0. The smallest absolute Gasteiger partial charge is 0.134 e. The third-order valence-electron chi connectivity index (χ3n) is 4.38. The van der Waals surface area contributed by atoms with Gasteiger partial charge in [0.1, 0.15) is 11.5 Å². The number of allylic oxidation sites excluding steroid dienone is 2. The lowest BCUT2D eigenvalue weighted by molar-refractivity contribution is 0.413. The summed E-state index contributed by atoms with van der Waals surface area (Å²) in [5.74, 6) is 8.36. The molecule has 0 atom stereocenters. The van der Waals surface area contributed by atoms with Crippen LogP contribution in [0.1, 0.15) is 41.5 Å². The zero-order valence-electron chi connectivity index (χ0n) is 14.5. The van der Waals surface area contributed by atoms with E-state index in [0.717, 1.165) is 46.6 Å². The van der Waals surface area contributed by atoms with Crippen LogP contribution in [0.2, 0.25) is 0 Å². The van der Waals surface area contributed by atoms with E-state index >= 15 is 0 Å². The maximum Gasteiger partial charge on any atom is 0.134 e. The molecule has 122 valence electrons. The van der Waals surface area contributed by atoms with Gasteiger partial charge >= 0.3 is 0 Å². The third kappa shape index (κ3) is 3.16. The summed E-state index contributed by atoms with van der Waals surface area (Å²) in [6, 6.07) is 12.1. The maximum atomic E-state index is 5.59. The van der Waals surface area contributed by atoms with Crippen LogP contribution in [-0.2, 0) is 0 Å². The second-order valence-corrected chi connectivity index (χ2v) is 5.91. The first-order chi connectivity index (χ1) is 11.7. The third-order valence-corrected chi connectivity index (χ3v) is 4.38. The first-order valence-electron chi connectivity index (χ1n) is 8.26. The van der Waals surface area contributed by atoms with Gasteiger partial charge in [0, 0.05) is 11.1 Å². The van der Waals surface area contributed by atoms with Crippen LogP contribution >= 0.6 is 0 Å². The van der Waals surface area contributed by atoms with E-state index < -0.39 is 0 Å². The Labute approximate surface area is 144 Å². The van der Waals surface area contributed by atoms with E-state index in [9.17, 15) is 0 Å². The normalized spacial score (nSPS) is 13.0. The minimum Gasteiger partial charge on any atom is -0.496 e. The Morgan fingerprint density at radius 2 is 1.67 bits per heavy atom. The topological polar surface area (TPSA) is 18.5 Å². The summed E-state index contributed by atoms with van der Waals surface area (Å²) in [4.78, 5) is 0. The number of ether oxygens (including phenoxy) is 2. The fraction of sp³-hybridized carbons (Fsp3) is 0.273. The van der Waals surface area contributed by atoms with E-state index in [1.807, 2.05) is 24.3 Å². The zero-order chi connectivity index (χ0) is 16.9. The standard InChI is InChI=1S/C22H22O2/c1-16-8-6-12-20(23-2)19(16)15-14-18-11-7-13-21(24-3)22(18)17-9-4-5-10-17/h6-9,11-13H,4-5,10H2,1-3H3. The van der Waals surface area contributed by atoms with Crippen molar-refractivity contribution in [3.63, 3.8) is 0 Å². The minimum atomic E-state index is 0.812. The molecule has 2 heteroatoms. The molecule has 2 aromatic rings. The molecule has 0 amide bonds. The van der Waals surface area contributed by atoms with Crippen LogP contribution in [-0.4, -0.2) is 14.2 Å². The quantitative estimate of drug-likeness (QED) is 0.743. The molecule has 0 radical (unpaired) electrons. The highest BCUT2D eigenvalue weighted by Gasteiger charge is 2.15. The second-order valence-electron chi connectivity index (χ2n) is 5.91. The summed E-state index contributed by atoms with van der Waals surface area (Å²) in [6.45, 7) is 2.05. The predicted octanol–water partition coefficient (Wildman–Crippen LogP) is 4.98. The first-order valence-corrected chi connectivity index (χ1v) is 8.26. The van der Waals surface area contributed by atoms with Gasteiger partial charge in [0.2, 0.25) is 0 Å². The summed E-state index contributed by atoms with van der Waals surface area (Å²) in [5, 5.41) is 0. The average Bonchev–Trinajstić information content (AvgIpc) is 3.14. The van der Waals surface area contributed by atoms with E-state index in [0.29, 0.717) is 0 Å². The molecule has 0 aliphatic heterocycles. The number of benzene rings is 2. The lowest BCUT2D eigenvalue weighted by atomic mass is 9.97. The first kappa shape index (κ1) is 16.2. The minimum absolute atomic E-state index is 0.812. The van der Waals surface area contributed by atoms with Gasteiger partial charge < -0.3 is 9.47 Å². The van der Waals surface area contributed by atoms with Crippen LogP contribution in [0.5, 0.6) is 11.5 Å². The van der Waals surface area contributed by atoms with Gasteiger partial charge in [-0.1, -0.05) is 36.1 Å². The Bertz CT molecular complexity index is 835. The van der Waals surface area contributed by atoms with E-state index in [-0.39, 0.29) is 0 Å². The lowest BCUT2D eigenvalue weighted by Crippen LogP contribution is -1.95. The van der Waals surface area contributed by atoms with Gasteiger partial charge in [0.15, 0.2) is 0 Å². The fourth-order valence-corrected chi connectivity index (χ4v) is 3.14. The van der Waals surface area contributed by atoms with Crippen molar-refractivity contribution in [2.24, 2.45) is 0 Å². The van der Waals surface area contributed by atoms with Crippen molar-refractivity contribution in [2.75, 3.05) is 14.2 Å². The second kappa shape index (κ2) is 7.27. The van der Waals surface area contributed by atoms with Crippen molar-refractivity contribution in [1.82, 2.24) is 0 Å². The Hall–Kier alpha value is -2.66. The van der Waals surface area contributed by atoms with Crippen molar-refractivity contribution < 1.29 is 9.47 Å². The van der Waals surface area contributed by atoms with E-state index in [1.54, 1.807) is 14.2 Å². The van der Waals surface area contributed by atoms with Crippen LogP contribution in [0, 0.1) is 18.8 Å². The molecule has 0 saturated carbocycles. The largest absolute Gasteiger partial charge is 0.496 e. The van der Waals surface area contributed by atoms with E-state index in [1.165, 1.54) is 12.0 Å². The van der Waals surface area contributed by atoms with Gasteiger partial charge in [0.25, 0.3) is 0 Å². The molecular weight excluding hydrogens is 296 g/mol. The van der Waals surface area contributed by atoms with Crippen molar-refractivity contribution in [1.29, 1.82) is 0 Å². The molecule has 3 rings (SSSR count). The Kier molecular flexibility index (Phi) is 4.91. The molecule has 24 heavy (non-hydrogen) atoms. The summed E-state index contributed by atoms with van der Waals surface area (Å²) in [7, 11) is 3.40. The Morgan fingerprint density at radius 1 is 0.917 bits per heavy atom. The maximum absolute atomic E-state index is 5.59. The van der Waals surface area contributed by atoms with Crippen LogP contribution in [0.15, 0.2) is 42.5 Å². The molecule has 1 aliphatic carbocycles. The van der Waals surface area contributed by atoms with Crippen molar-refractivity contribution in [3.8, 4) is 23.3 Å². The zero-order valence-corrected chi connectivity index (χ0v) is 14.5. The monoisotopic (exact) mass is 318 g/mol. The molecule has 0 fully saturated rings. The van der Waals surface area contributed by atoms with Gasteiger partial charge in [-0.3, -0.25) is 0 Å². The van der Waals surface area contributed by atoms with Crippen molar-refractivity contribution >= 4 is 5.57 Å². The molecular formula is C22H22O2. The highest BCUT2D eigenvalue weighted by atomic mass is 16.5. The highest BCUT2D eigenvalue weighted by molar-refractivity contribution is 5.77. The van der Waals surface area contributed by atoms with Crippen LogP contribution in [0.4, 0.5) is 0 Å². The van der Waals surface area contributed by atoms with Crippen molar-refractivity contribution in [3.05, 3.63) is 64.7 Å². The van der Waals surface area contributed by atoms with Crippen LogP contribution in [0.25, 0.3) is 5.57 Å². The lowest BCUT2D eigenvalue weighted by Gasteiger charge is -2.12. The van der Waals surface area contributed by atoms with Crippen LogP contribution < -0.4 is 9.47 Å². The molecule has 0 N–H and O–H groups in total. The van der Waals surface area contributed by atoms with Gasteiger partial charge in [-0.2, -0.15) is 0 Å². The summed E-state index contributed by atoms with van der Waals surface area (Å²) in [5.41, 5.74) is 5.54. The van der Waals surface area contributed by atoms with Crippen LogP contribution in [0.3, 0.4) is 0 Å². The molecule has 0 spiro atoms. The predicted molar refractivity (Wildman–Crippen MR) is 98.5 cm³/mol. The number of aryl methyl sites for hydroxylation is 1. The molecule has 0 heterocycles. The van der Waals surface area contributed by atoms with Gasteiger partial charge in [-0.25, -0.2) is 0 Å². The molecule has 0 saturated heterocycles. The summed E-state index contributed by atoms with van der Waals surface area (Å²) in [6.07, 6.45) is 5.72. The summed E-state index contributed by atoms with van der Waals surface area (Å²) < 4.78 is 11.0. The highest BCUT2D eigenvalue weighted by Crippen LogP contribution is 2.36. The molecule has 1 aliphatic rings. The average molecular weight is 318 g/mol. The van der Waals surface area contributed by atoms with E-state index in [4.69, 9.17) is 9.47 Å². The van der Waals surface area contributed by atoms with Gasteiger partial charge in [-0.15, -0.1) is 0 Å². The number of hydrogen-bond donors (Lipinski definition) is 0. The number of methoxy groups -OCH3 is 2. The number of rotatable bonds is 3. The SMILES string of the molecule is COc1cccc(C)c1C#Cc1cccc(OC)c1C1=CCCC1. The molecule has 0 bridgehead atoms. The molecule has 0 unspecified atom stereocenters. The van der Waals surface area contributed by atoms with E-state index in [2.05, 4.69) is 37.0 Å². The number of hydrogen-bond acceptors (Lipinski definition) is 2. The van der Waals surface area contributed by atoms with Gasteiger partial charge in [0.05, 0.1) is 19.8 Å². The Balaban J connectivity index is 2.10. The Morgan fingerprint density at radius 3 is 2.38 bits per heavy atom. The molecule has 2 nitrogen and oxygen atoms in total. The van der Waals surface area contributed by atoms with Gasteiger partial charge in [-0.05, 0) is 55.5 Å².